The molecule has 0 aromatic heterocycles. The number of anilines is 2. The quantitative estimate of drug-likeness (QED) is 0.687. The molecule has 8 nitrogen and oxygen atoms in total. The number of rotatable bonds is 8. The van der Waals surface area contributed by atoms with Crippen LogP contribution in [-0.4, -0.2) is 44.8 Å². The fourth-order valence-corrected chi connectivity index (χ4v) is 3.32. The smallest absolute Gasteiger partial charge is 0.267 e. The zero-order chi connectivity index (χ0) is 22.5. The molecule has 1 aliphatic rings. The van der Waals surface area contributed by atoms with Crippen molar-refractivity contribution in [1.82, 2.24) is 0 Å². The Kier molecular flexibility index (Phi) is 6.89. The number of nitrogens with one attached hydrogen (secondary N) is 1. The zero-order valence-corrected chi connectivity index (χ0v) is 18.5. The molecule has 166 valence electrons. The second-order valence-corrected chi connectivity index (χ2v) is 6.89. The Morgan fingerprint density at radius 1 is 1.03 bits per heavy atom. The van der Waals surface area contributed by atoms with E-state index in [1.807, 2.05) is 20.8 Å². The molecular formula is C23H28N2O6. The van der Waals surface area contributed by atoms with Gasteiger partial charge in [-0.25, -0.2) is 0 Å². The third kappa shape index (κ3) is 4.68. The van der Waals surface area contributed by atoms with Gasteiger partial charge in [0, 0.05) is 24.4 Å². The highest BCUT2D eigenvalue weighted by atomic mass is 16.5. The zero-order valence-electron chi connectivity index (χ0n) is 18.5. The third-order valence-corrected chi connectivity index (χ3v) is 4.73. The number of fused-ring (bicyclic) bond motifs is 1. The predicted octanol–water partition coefficient (Wildman–Crippen LogP) is 3.88. The largest absolute Gasteiger partial charge is 0.490 e. The van der Waals surface area contributed by atoms with Gasteiger partial charge in [0.25, 0.3) is 11.8 Å². The highest BCUT2D eigenvalue weighted by molar-refractivity contribution is 6.06. The van der Waals surface area contributed by atoms with Crippen molar-refractivity contribution in [2.75, 3.05) is 37.1 Å². The van der Waals surface area contributed by atoms with Crippen LogP contribution in [0.1, 0.15) is 38.1 Å². The Labute approximate surface area is 182 Å². The molecule has 1 aliphatic heterocycles. The molecule has 1 unspecified atom stereocenters. The van der Waals surface area contributed by atoms with E-state index < -0.39 is 6.10 Å². The number of ether oxygens (including phenoxy) is 4. The second-order valence-electron chi connectivity index (χ2n) is 6.89. The number of likely N-dealkylation sites (N-methyl/N-ethyl adjacent to an activating group) is 1. The Hall–Kier alpha value is -3.42. The van der Waals surface area contributed by atoms with Crippen molar-refractivity contribution in [2.45, 2.75) is 33.8 Å². The Morgan fingerprint density at radius 3 is 2.23 bits per heavy atom. The van der Waals surface area contributed by atoms with E-state index in [0.717, 1.165) is 0 Å². The topological polar surface area (TPSA) is 86.3 Å². The molecule has 31 heavy (non-hydrogen) atoms. The maximum atomic E-state index is 13.0. The first kappa shape index (κ1) is 22.3. The molecule has 0 saturated heterocycles. The summed E-state index contributed by atoms with van der Waals surface area (Å²) >= 11 is 0. The van der Waals surface area contributed by atoms with Crippen molar-refractivity contribution in [2.24, 2.45) is 0 Å². The van der Waals surface area contributed by atoms with Gasteiger partial charge in [0.15, 0.2) is 17.6 Å². The van der Waals surface area contributed by atoms with Gasteiger partial charge >= 0.3 is 0 Å². The molecule has 0 radical (unpaired) electrons. The van der Waals surface area contributed by atoms with Gasteiger partial charge in [-0.15, -0.1) is 0 Å². The van der Waals surface area contributed by atoms with Crippen molar-refractivity contribution in [3.63, 3.8) is 0 Å². The van der Waals surface area contributed by atoms with Gasteiger partial charge in [-0.3, -0.25) is 9.59 Å². The molecule has 1 atom stereocenters. The van der Waals surface area contributed by atoms with E-state index in [1.54, 1.807) is 49.2 Å². The van der Waals surface area contributed by atoms with Crippen LogP contribution >= 0.6 is 0 Å². The molecule has 0 aliphatic carbocycles. The Bertz CT molecular complexity index is 948. The van der Waals surface area contributed by atoms with Crippen molar-refractivity contribution in [1.29, 1.82) is 0 Å². The highest BCUT2D eigenvalue weighted by Gasteiger charge is 2.29. The average Bonchev–Trinajstić information content (AvgIpc) is 2.74. The summed E-state index contributed by atoms with van der Waals surface area (Å²) in [5.41, 5.74) is 1.57. The fourth-order valence-electron chi connectivity index (χ4n) is 3.32. The Morgan fingerprint density at radius 2 is 1.65 bits per heavy atom. The molecule has 8 heteroatoms. The lowest BCUT2D eigenvalue weighted by Gasteiger charge is -2.30. The normalized spacial score (nSPS) is 15.1. The van der Waals surface area contributed by atoms with Crippen molar-refractivity contribution < 1.29 is 28.5 Å². The van der Waals surface area contributed by atoms with E-state index in [1.165, 1.54) is 0 Å². The van der Waals surface area contributed by atoms with Crippen LogP contribution in [0, 0.1) is 0 Å². The van der Waals surface area contributed by atoms with Gasteiger partial charge in [-0.05, 0) is 52.0 Å². The molecule has 2 amide bonds. The van der Waals surface area contributed by atoms with Crippen LogP contribution < -0.4 is 29.2 Å². The molecule has 0 fully saturated rings. The van der Waals surface area contributed by atoms with E-state index in [9.17, 15) is 9.59 Å². The number of carbonyl (C=O) groups excluding carboxylic acids is 2. The lowest BCUT2D eigenvalue weighted by molar-refractivity contribution is -0.125. The number of hydrogen-bond acceptors (Lipinski definition) is 6. The maximum Gasteiger partial charge on any atom is 0.267 e. The van der Waals surface area contributed by atoms with E-state index >= 15 is 0 Å². The number of hydrogen-bond donors (Lipinski definition) is 1. The molecule has 0 bridgehead atoms. The van der Waals surface area contributed by atoms with Crippen LogP contribution in [0.2, 0.25) is 0 Å². The minimum Gasteiger partial charge on any atom is -0.490 e. The Balaban J connectivity index is 1.89. The van der Waals surface area contributed by atoms with E-state index in [-0.39, 0.29) is 11.8 Å². The average molecular weight is 428 g/mol. The molecule has 0 saturated carbocycles. The number of nitrogens with zero attached hydrogens (tertiary/aromatic N) is 1. The summed E-state index contributed by atoms with van der Waals surface area (Å²) in [6.07, 6.45) is -0.586. The summed E-state index contributed by atoms with van der Waals surface area (Å²) < 4.78 is 22.7. The summed E-state index contributed by atoms with van der Waals surface area (Å²) in [7, 11) is 1.70. The molecule has 1 heterocycles. The predicted molar refractivity (Wildman–Crippen MR) is 118 cm³/mol. The summed E-state index contributed by atoms with van der Waals surface area (Å²) in [5, 5.41) is 2.87. The monoisotopic (exact) mass is 428 g/mol. The SMILES string of the molecule is CCOc1cc(C(=O)Nc2ccc3c(c2)OC(C)C(=O)N3C)cc(OCC)c1OCC. The first-order valence-electron chi connectivity index (χ1n) is 10.4. The third-order valence-electron chi connectivity index (χ3n) is 4.73. The van der Waals surface area contributed by atoms with Crippen LogP contribution in [0.5, 0.6) is 23.0 Å². The van der Waals surface area contributed by atoms with Crippen molar-refractivity contribution >= 4 is 23.2 Å². The van der Waals surface area contributed by atoms with Crippen LogP contribution in [0.4, 0.5) is 11.4 Å². The van der Waals surface area contributed by atoms with E-state index in [2.05, 4.69) is 5.32 Å². The van der Waals surface area contributed by atoms with E-state index in [4.69, 9.17) is 18.9 Å². The lowest BCUT2D eigenvalue weighted by atomic mass is 10.1. The van der Waals surface area contributed by atoms with Crippen LogP contribution in [0.3, 0.4) is 0 Å². The van der Waals surface area contributed by atoms with Crippen molar-refractivity contribution in [3.05, 3.63) is 35.9 Å². The van der Waals surface area contributed by atoms with Crippen molar-refractivity contribution in [3.8, 4) is 23.0 Å². The summed E-state index contributed by atoms with van der Waals surface area (Å²) in [6, 6.07) is 8.44. The van der Waals surface area contributed by atoms with E-state index in [0.29, 0.717) is 59.8 Å². The first-order valence-corrected chi connectivity index (χ1v) is 10.4. The fraction of sp³-hybridized carbons (Fsp3) is 0.391. The number of amides is 2. The lowest BCUT2D eigenvalue weighted by Crippen LogP contribution is -2.41. The molecular weight excluding hydrogens is 400 g/mol. The second kappa shape index (κ2) is 9.59. The van der Waals surface area contributed by atoms with Crippen LogP contribution in [0.15, 0.2) is 30.3 Å². The van der Waals surface area contributed by atoms with Gasteiger partial charge in [0.2, 0.25) is 5.75 Å². The van der Waals surface area contributed by atoms with Gasteiger partial charge in [0.1, 0.15) is 5.75 Å². The maximum absolute atomic E-state index is 13.0. The van der Waals surface area contributed by atoms with Crippen LogP contribution in [0.25, 0.3) is 0 Å². The minimum atomic E-state index is -0.586. The van der Waals surface area contributed by atoms with Crippen LogP contribution in [-0.2, 0) is 4.79 Å². The van der Waals surface area contributed by atoms with Gasteiger partial charge in [-0.1, -0.05) is 0 Å². The van der Waals surface area contributed by atoms with Gasteiger partial charge in [0.05, 0.1) is 25.5 Å². The first-order chi connectivity index (χ1) is 14.9. The highest BCUT2D eigenvalue weighted by Crippen LogP contribution is 2.40. The number of carbonyl (C=O) groups is 2. The molecule has 3 rings (SSSR count). The molecule has 2 aromatic carbocycles. The molecule has 2 aromatic rings. The molecule has 0 spiro atoms. The summed E-state index contributed by atoms with van der Waals surface area (Å²) in [6.45, 7) is 8.56. The molecule has 1 N–H and O–H groups in total. The minimum absolute atomic E-state index is 0.120. The summed E-state index contributed by atoms with van der Waals surface area (Å²) in [5.74, 6) is 1.45. The summed E-state index contributed by atoms with van der Waals surface area (Å²) in [4.78, 5) is 26.6. The van der Waals surface area contributed by atoms with Gasteiger partial charge in [-0.2, -0.15) is 0 Å². The van der Waals surface area contributed by atoms with Gasteiger partial charge < -0.3 is 29.2 Å². The number of benzene rings is 2. The standard InChI is InChI=1S/C23H28N2O6/c1-6-28-19-11-15(12-20(29-7-2)21(19)30-8-3)22(26)24-16-9-10-17-18(13-16)31-14(4)23(27)25(17)5/h9-14H,6-8H2,1-5H3,(H,24,26).